The van der Waals surface area contributed by atoms with E-state index in [1.54, 1.807) is 19.1 Å². The van der Waals surface area contributed by atoms with Crippen molar-refractivity contribution < 1.29 is 22.7 Å². The number of carbonyl (C=O) groups excluding carboxylic acids is 2. The molecule has 0 bridgehead atoms. The van der Waals surface area contributed by atoms with Crippen molar-refractivity contribution in [3.8, 4) is 5.69 Å². The highest BCUT2D eigenvalue weighted by molar-refractivity contribution is 7.91. The predicted octanol–water partition coefficient (Wildman–Crippen LogP) is 0.0358. The Bertz CT molecular complexity index is 923. The third-order valence-electron chi connectivity index (χ3n) is 3.89. The number of benzene rings is 1. The molecular formula is C16H18N4O5S. The lowest BCUT2D eigenvalue weighted by atomic mass is 10.2. The fraction of sp³-hybridized carbons (Fsp3) is 0.375. The number of rotatable bonds is 5. The average Bonchev–Trinajstić information content (AvgIpc) is 3.15. The molecule has 10 heteroatoms. The van der Waals surface area contributed by atoms with Crippen LogP contribution in [0.15, 0.2) is 30.3 Å². The van der Waals surface area contributed by atoms with Crippen LogP contribution < -0.4 is 5.32 Å². The standard InChI is InChI=1S/C16H18N4O5S/c1-11-15(19-20(18-11)13-5-3-2-4-6-13)16(22)25-9-14(21)17-12-7-8-26(23,24)10-12/h2-6,12H,7-10H2,1H3,(H,17,21)/t12-/m1/s1. The van der Waals surface area contributed by atoms with Crippen molar-refractivity contribution in [3.63, 3.8) is 0 Å². The molecule has 1 aromatic heterocycles. The lowest BCUT2D eigenvalue weighted by molar-refractivity contribution is -0.124. The van der Waals surface area contributed by atoms with E-state index in [0.29, 0.717) is 17.8 Å². The van der Waals surface area contributed by atoms with Crippen LogP contribution in [-0.4, -0.2) is 59.4 Å². The number of sulfone groups is 1. The Morgan fingerprint density at radius 3 is 2.65 bits per heavy atom. The van der Waals surface area contributed by atoms with Crippen LogP contribution in [0.4, 0.5) is 0 Å². The Balaban J connectivity index is 1.57. The van der Waals surface area contributed by atoms with E-state index in [1.165, 1.54) is 4.80 Å². The predicted molar refractivity (Wildman–Crippen MR) is 91.6 cm³/mol. The van der Waals surface area contributed by atoms with E-state index in [-0.39, 0.29) is 17.2 Å². The smallest absolute Gasteiger partial charge is 0.361 e. The van der Waals surface area contributed by atoms with E-state index in [1.807, 2.05) is 18.2 Å². The first-order valence-electron chi connectivity index (χ1n) is 8.00. The summed E-state index contributed by atoms with van der Waals surface area (Å²) in [6, 6.07) is 8.63. The molecule has 0 unspecified atom stereocenters. The number of hydrogen-bond acceptors (Lipinski definition) is 7. The van der Waals surface area contributed by atoms with Crippen LogP contribution in [-0.2, 0) is 19.4 Å². The molecule has 1 aromatic carbocycles. The summed E-state index contributed by atoms with van der Waals surface area (Å²) in [5.74, 6) is -1.34. The van der Waals surface area contributed by atoms with Gasteiger partial charge in [-0.3, -0.25) is 4.79 Å². The summed E-state index contributed by atoms with van der Waals surface area (Å²) in [6.45, 7) is 1.11. The van der Waals surface area contributed by atoms with Crippen LogP contribution in [0.1, 0.15) is 22.6 Å². The first-order chi connectivity index (χ1) is 12.3. The highest BCUT2D eigenvalue weighted by Crippen LogP contribution is 2.11. The van der Waals surface area contributed by atoms with E-state index < -0.39 is 34.4 Å². The maximum atomic E-state index is 12.1. The van der Waals surface area contributed by atoms with Crippen molar-refractivity contribution >= 4 is 21.7 Å². The monoisotopic (exact) mass is 378 g/mol. The molecule has 1 aliphatic heterocycles. The molecule has 1 amide bonds. The van der Waals surface area contributed by atoms with Gasteiger partial charge in [-0.25, -0.2) is 13.2 Å². The van der Waals surface area contributed by atoms with E-state index in [9.17, 15) is 18.0 Å². The van der Waals surface area contributed by atoms with Crippen LogP contribution in [0.5, 0.6) is 0 Å². The van der Waals surface area contributed by atoms with Gasteiger partial charge in [0.05, 0.1) is 22.9 Å². The first kappa shape index (κ1) is 18.1. The van der Waals surface area contributed by atoms with Gasteiger partial charge in [-0.2, -0.15) is 9.90 Å². The lowest BCUT2D eigenvalue weighted by Crippen LogP contribution is -2.38. The average molecular weight is 378 g/mol. The molecule has 2 aromatic rings. The van der Waals surface area contributed by atoms with E-state index >= 15 is 0 Å². The van der Waals surface area contributed by atoms with Crippen molar-refractivity contribution in [2.75, 3.05) is 18.1 Å². The zero-order valence-corrected chi connectivity index (χ0v) is 14.9. The number of carbonyl (C=O) groups is 2. The summed E-state index contributed by atoms with van der Waals surface area (Å²) < 4.78 is 27.7. The summed E-state index contributed by atoms with van der Waals surface area (Å²) in [4.78, 5) is 25.3. The lowest BCUT2D eigenvalue weighted by Gasteiger charge is -2.10. The molecule has 1 N–H and O–H groups in total. The minimum atomic E-state index is -3.09. The minimum absolute atomic E-state index is 0.0186. The van der Waals surface area contributed by atoms with Gasteiger partial charge in [0.25, 0.3) is 5.91 Å². The highest BCUT2D eigenvalue weighted by atomic mass is 32.2. The molecule has 1 atom stereocenters. The Hall–Kier alpha value is -2.75. The van der Waals surface area contributed by atoms with Gasteiger partial charge in [0, 0.05) is 6.04 Å². The van der Waals surface area contributed by atoms with Gasteiger partial charge in [0.15, 0.2) is 22.1 Å². The highest BCUT2D eigenvalue weighted by Gasteiger charge is 2.29. The summed E-state index contributed by atoms with van der Waals surface area (Å²) in [5.41, 5.74) is 1.08. The largest absolute Gasteiger partial charge is 0.451 e. The first-order valence-corrected chi connectivity index (χ1v) is 9.82. The normalized spacial score (nSPS) is 18.4. The second-order valence-corrected chi connectivity index (χ2v) is 8.23. The number of aromatic nitrogens is 3. The molecule has 0 aliphatic carbocycles. The van der Waals surface area contributed by atoms with Crippen LogP contribution in [0, 0.1) is 6.92 Å². The van der Waals surface area contributed by atoms with E-state index in [4.69, 9.17) is 4.74 Å². The van der Waals surface area contributed by atoms with Crippen molar-refractivity contribution in [2.45, 2.75) is 19.4 Å². The Labute approximate surface area is 150 Å². The number of nitrogens with zero attached hydrogens (tertiary/aromatic N) is 3. The molecule has 138 valence electrons. The van der Waals surface area contributed by atoms with Crippen LogP contribution in [0.25, 0.3) is 5.69 Å². The summed E-state index contributed by atoms with van der Waals surface area (Å²) in [6.07, 6.45) is 0.368. The SMILES string of the molecule is Cc1nn(-c2ccccc2)nc1C(=O)OCC(=O)N[C@@H]1CCS(=O)(=O)C1. The van der Waals surface area contributed by atoms with Crippen LogP contribution in [0.3, 0.4) is 0 Å². The van der Waals surface area contributed by atoms with Gasteiger partial charge in [-0.1, -0.05) is 18.2 Å². The zero-order chi connectivity index (χ0) is 18.7. The number of ether oxygens (including phenoxy) is 1. The number of aryl methyl sites for hydroxylation is 1. The molecule has 1 aliphatic rings. The van der Waals surface area contributed by atoms with Crippen molar-refractivity contribution in [2.24, 2.45) is 0 Å². The molecule has 1 saturated heterocycles. The van der Waals surface area contributed by atoms with Crippen molar-refractivity contribution in [1.82, 2.24) is 20.3 Å². The quantitative estimate of drug-likeness (QED) is 0.729. The van der Waals surface area contributed by atoms with E-state index in [0.717, 1.165) is 0 Å². The second kappa shape index (κ2) is 7.24. The Morgan fingerprint density at radius 2 is 2.00 bits per heavy atom. The Morgan fingerprint density at radius 1 is 1.27 bits per heavy atom. The maximum Gasteiger partial charge on any atom is 0.361 e. The topological polar surface area (TPSA) is 120 Å². The third kappa shape index (κ3) is 4.26. The van der Waals surface area contributed by atoms with Gasteiger partial charge < -0.3 is 10.1 Å². The van der Waals surface area contributed by atoms with Gasteiger partial charge >= 0.3 is 5.97 Å². The van der Waals surface area contributed by atoms with Gasteiger partial charge in [0.2, 0.25) is 0 Å². The molecule has 2 heterocycles. The van der Waals surface area contributed by atoms with Gasteiger partial charge in [-0.05, 0) is 25.5 Å². The van der Waals surface area contributed by atoms with Gasteiger partial charge in [0.1, 0.15) is 0 Å². The minimum Gasteiger partial charge on any atom is -0.451 e. The number of hydrogen-bond donors (Lipinski definition) is 1. The molecule has 9 nitrogen and oxygen atoms in total. The summed E-state index contributed by atoms with van der Waals surface area (Å²) >= 11 is 0. The molecule has 0 spiro atoms. The van der Waals surface area contributed by atoms with Crippen molar-refractivity contribution in [3.05, 3.63) is 41.7 Å². The summed E-state index contributed by atoms with van der Waals surface area (Å²) in [5, 5.41) is 10.8. The molecule has 1 fully saturated rings. The van der Waals surface area contributed by atoms with Crippen molar-refractivity contribution in [1.29, 1.82) is 0 Å². The fourth-order valence-electron chi connectivity index (χ4n) is 2.62. The van der Waals surface area contributed by atoms with E-state index in [2.05, 4.69) is 15.5 Å². The number of para-hydroxylation sites is 1. The van der Waals surface area contributed by atoms with Gasteiger partial charge in [-0.15, -0.1) is 5.10 Å². The van der Waals surface area contributed by atoms with Crippen LogP contribution >= 0.6 is 0 Å². The maximum absolute atomic E-state index is 12.1. The zero-order valence-electron chi connectivity index (χ0n) is 14.1. The number of esters is 1. The molecular weight excluding hydrogens is 360 g/mol. The number of amides is 1. The Kier molecular flexibility index (Phi) is 5.03. The molecule has 0 saturated carbocycles. The molecule has 3 rings (SSSR count). The number of nitrogens with one attached hydrogen (secondary N) is 1. The summed E-state index contributed by atoms with van der Waals surface area (Å²) in [7, 11) is -3.09. The van der Waals surface area contributed by atoms with Crippen LogP contribution in [0.2, 0.25) is 0 Å². The third-order valence-corrected chi connectivity index (χ3v) is 5.66. The molecule has 0 radical (unpaired) electrons. The fourth-order valence-corrected chi connectivity index (χ4v) is 4.30. The molecule has 26 heavy (non-hydrogen) atoms. The second-order valence-electron chi connectivity index (χ2n) is 6.00.